The van der Waals surface area contributed by atoms with Crippen molar-refractivity contribution >= 4 is 23.3 Å². The number of benzene rings is 1. The summed E-state index contributed by atoms with van der Waals surface area (Å²) < 4.78 is 4.89. The number of aliphatic carboxylic acids is 1. The number of carbonyl (C=O) groups excluding carboxylic acids is 1. The summed E-state index contributed by atoms with van der Waals surface area (Å²) in [6, 6.07) is 7.98. The van der Waals surface area contributed by atoms with Gasteiger partial charge in [-0.25, -0.2) is 4.79 Å². The monoisotopic (exact) mass is 349 g/mol. The van der Waals surface area contributed by atoms with E-state index in [2.05, 4.69) is 29.0 Å². The van der Waals surface area contributed by atoms with Crippen molar-refractivity contribution in [2.75, 3.05) is 43.5 Å². The fourth-order valence-electron chi connectivity index (χ4n) is 2.80. The predicted molar refractivity (Wildman–Crippen MR) is 97.0 cm³/mol. The Morgan fingerprint density at radius 3 is 2.40 bits per heavy atom. The molecule has 1 amide bonds. The summed E-state index contributed by atoms with van der Waals surface area (Å²) in [5, 5.41) is 11.8. The van der Waals surface area contributed by atoms with E-state index in [-0.39, 0.29) is 0 Å². The normalized spacial score (nSPS) is 18.0. The number of piperazine rings is 1. The highest BCUT2D eigenvalue weighted by Crippen LogP contribution is 2.23. The molecule has 25 heavy (non-hydrogen) atoms. The number of nitrogens with zero attached hydrogens (tertiary/aromatic N) is 2. The molecule has 1 fully saturated rings. The maximum atomic E-state index is 12.3. The van der Waals surface area contributed by atoms with Crippen molar-refractivity contribution in [3.8, 4) is 0 Å². The van der Waals surface area contributed by atoms with Gasteiger partial charge in [-0.15, -0.1) is 0 Å². The van der Waals surface area contributed by atoms with Gasteiger partial charge in [0.25, 0.3) is 5.91 Å². The summed E-state index contributed by atoms with van der Waals surface area (Å²) in [7, 11) is 1.21. The van der Waals surface area contributed by atoms with Gasteiger partial charge < -0.3 is 20.1 Å². The number of carboxylic acids is 1. The molecule has 2 N–H and O–H groups in total. The van der Waals surface area contributed by atoms with Gasteiger partial charge in [-0.2, -0.15) is 0 Å². The average Bonchev–Trinajstić information content (AvgIpc) is 2.61. The first kappa shape index (κ1) is 19.2. The number of hydrogen-bond donors (Lipinski definition) is 2. The van der Waals surface area contributed by atoms with Crippen LogP contribution in [-0.4, -0.2) is 66.8 Å². The quantitative estimate of drug-likeness (QED) is 0.760. The molecule has 0 spiro atoms. The summed E-state index contributed by atoms with van der Waals surface area (Å²) in [4.78, 5) is 28.3. The number of nitrogens with one attached hydrogen (secondary N) is 1. The van der Waals surface area contributed by atoms with E-state index in [0.717, 1.165) is 31.9 Å². The van der Waals surface area contributed by atoms with Gasteiger partial charge in [-0.3, -0.25) is 9.69 Å². The number of carboxylic acid groups (broad SMARTS) is 1. The smallest absolute Gasteiger partial charge is 0.345 e. The highest BCUT2D eigenvalue weighted by molar-refractivity contribution is 6.11. The Morgan fingerprint density at radius 1 is 1.24 bits per heavy atom. The number of carbonyl (C=O) groups is 2. The lowest BCUT2D eigenvalue weighted by Gasteiger charge is -2.38. The second kappa shape index (κ2) is 7.84. The van der Waals surface area contributed by atoms with Gasteiger partial charge in [0.15, 0.2) is 0 Å². The first-order valence-corrected chi connectivity index (χ1v) is 8.47. The third kappa shape index (κ3) is 4.29. The number of anilines is 2. The van der Waals surface area contributed by atoms with Crippen LogP contribution in [0.25, 0.3) is 0 Å². The van der Waals surface area contributed by atoms with Gasteiger partial charge in [-0.1, -0.05) is 6.07 Å². The van der Waals surface area contributed by atoms with E-state index in [1.165, 1.54) is 14.0 Å². The highest BCUT2D eigenvalue weighted by Gasteiger charge is 2.41. The Hall–Kier alpha value is -2.12. The number of ether oxygens (including phenoxy) is 1. The summed E-state index contributed by atoms with van der Waals surface area (Å²) >= 11 is 0. The van der Waals surface area contributed by atoms with Crippen molar-refractivity contribution in [3.05, 3.63) is 24.3 Å². The molecule has 0 aliphatic carbocycles. The summed E-state index contributed by atoms with van der Waals surface area (Å²) in [6.45, 7) is 9.45. The van der Waals surface area contributed by atoms with E-state index in [1.54, 1.807) is 6.07 Å². The number of amides is 1. The Labute approximate surface area is 148 Å². The second-order valence-corrected chi connectivity index (χ2v) is 6.66. The molecule has 1 aromatic carbocycles. The zero-order valence-corrected chi connectivity index (χ0v) is 15.3. The molecule has 138 valence electrons. The topological polar surface area (TPSA) is 82.1 Å². The summed E-state index contributed by atoms with van der Waals surface area (Å²) in [5.41, 5.74) is -0.354. The Kier molecular flexibility index (Phi) is 6.02. The molecule has 0 saturated carbocycles. The lowest BCUT2D eigenvalue weighted by atomic mass is 10.1. The molecule has 0 radical (unpaired) electrons. The van der Waals surface area contributed by atoms with E-state index in [4.69, 9.17) is 4.74 Å². The summed E-state index contributed by atoms with van der Waals surface area (Å²) in [6.07, 6.45) is 0. The molecular weight excluding hydrogens is 322 g/mol. The molecule has 0 aromatic heterocycles. The van der Waals surface area contributed by atoms with Crippen LogP contribution in [-0.2, 0) is 14.3 Å². The fourth-order valence-corrected chi connectivity index (χ4v) is 2.80. The molecule has 1 unspecified atom stereocenters. The molecule has 1 aliphatic rings. The van der Waals surface area contributed by atoms with Crippen molar-refractivity contribution in [1.82, 2.24) is 4.90 Å². The first-order valence-electron chi connectivity index (χ1n) is 8.47. The number of hydrogen-bond acceptors (Lipinski definition) is 5. The Balaban J connectivity index is 2.07. The van der Waals surface area contributed by atoms with Crippen LogP contribution in [0.5, 0.6) is 0 Å². The first-order chi connectivity index (χ1) is 11.8. The van der Waals surface area contributed by atoms with Crippen LogP contribution in [0.1, 0.15) is 20.8 Å². The lowest BCUT2D eigenvalue weighted by Crippen LogP contribution is -2.49. The maximum absolute atomic E-state index is 12.3. The van der Waals surface area contributed by atoms with Gasteiger partial charge in [0.1, 0.15) is 0 Å². The van der Waals surface area contributed by atoms with Crippen LogP contribution in [0, 0.1) is 0 Å². The predicted octanol–water partition coefficient (Wildman–Crippen LogP) is 1.65. The van der Waals surface area contributed by atoms with Gasteiger partial charge in [0.2, 0.25) is 5.60 Å². The lowest BCUT2D eigenvalue weighted by molar-refractivity contribution is -0.165. The minimum atomic E-state index is -1.92. The zero-order chi connectivity index (χ0) is 18.6. The van der Waals surface area contributed by atoms with Crippen LogP contribution in [0.3, 0.4) is 0 Å². The summed E-state index contributed by atoms with van der Waals surface area (Å²) in [5.74, 6) is -2.03. The molecule has 1 saturated heterocycles. The van der Waals surface area contributed by atoms with E-state index in [0.29, 0.717) is 11.7 Å². The Morgan fingerprint density at radius 2 is 1.88 bits per heavy atom. The average molecular weight is 349 g/mol. The molecule has 1 aliphatic heterocycles. The third-order valence-corrected chi connectivity index (χ3v) is 4.76. The van der Waals surface area contributed by atoms with Crippen molar-refractivity contribution in [1.29, 1.82) is 0 Å². The van der Waals surface area contributed by atoms with Crippen molar-refractivity contribution in [2.45, 2.75) is 32.4 Å². The molecule has 7 heteroatoms. The zero-order valence-electron chi connectivity index (χ0n) is 15.3. The minimum absolute atomic E-state index is 0.538. The van der Waals surface area contributed by atoms with Crippen molar-refractivity contribution < 1.29 is 19.4 Å². The van der Waals surface area contributed by atoms with Crippen LogP contribution in [0.15, 0.2) is 24.3 Å². The molecule has 1 aromatic rings. The minimum Gasteiger partial charge on any atom is -0.479 e. The van der Waals surface area contributed by atoms with E-state index in [1.807, 2.05) is 18.2 Å². The third-order valence-electron chi connectivity index (χ3n) is 4.76. The van der Waals surface area contributed by atoms with Crippen LogP contribution >= 0.6 is 0 Å². The van der Waals surface area contributed by atoms with Gasteiger partial charge in [-0.05, 0) is 39.0 Å². The largest absolute Gasteiger partial charge is 0.479 e. The number of methoxy groups -OCH3 is 1. The van der Waals surface area contributed by atoms with Crippen LogP contribution < -0.4 is 10.2 Å². The van der Waals surface area contributed by atoms with E-state index >= 15 is 0 Å². The molecule has 2 rings (SSSR count). The van der Waals surface area contributed by atoms with E-state index < -0.39 is 17.5 Å². The van der Waals surface area contributed by atoms with Crippen LogP contribution in [0.2, 0.25) is 0 Å². The molecule has 7 nitrogen and oxygen atoms in total. The molecule has 1 heterocycles. The van der Waals surface area contributed by atoms with Gasteiger partial charge in [0.05, 0.1) is 0 Å². The van der Waals surface area contributed by atoms with Crippen LogP contribution in [0.4, 0.5) is 11.4 Å². The van der Waals surface area contributed by atoms with Gasteiger partial charge >= 0.3 is 5.97 Å². The highest BCUT2D eigenvalue weighted by atomic mass is 16.5. The fraction of sp³-hybridized carbons (Fsp3) is 0.556. The molecule has 1 atom stereocenters. The standard InChI is InChI=1S/C18H27N3O4/c1-13(2)20-8-10-21(11-9-20)15-7-5-6-14(12-15)19-16(22)18(3,25-4)17(23)24/h5-7,12-13H,8-11H2,1-4H3,(H,19,22)(H,23,24). The van der Waals surface area contributed by atoms with E-state index in [9.17, 15) is 14.7 Å². The molecular formula is C18H27N3O4. The van der Waals surface area contributed by atoms with Crippen molar-refractivity contribution in [2.24, 2.45) is 0 Å². The SMILES string of the molecule is COC(C)(C(=O)O)C(=O)Nc1cccc(N2CCN(C(C)C)CC2)c1. The maximum Gasteiger partial charge on any atom is 0.345 e. The Bertz CT molecular complexity index is 627. The van der Waals surface area contributed by atoms with Crippen molar-refractivity contribution in [3.63, 3.8) is 0 Å². The second-order valence-electron chi connectivity index (χ2n) is 6.66. The van der Waals surface area contributed by atoms with Gasteiger partial charge in [0, 0.05) is 50.7 Å². The number of rotatable bonds is 6. The molecule has 0 bridgehead atoms.